The van der Waals surface area contributed by atoms with Crippen LogP contribution in [-0.4, -0.2) is 37.6 Å². The first kappa shape index (κ1) is 17.5. The summed E-state index contributed by atoms with van der Waals surface area (Å²) in [4.78, 5) is 3.99. The molecule has 1 aromatic heterocycles. The maximum Gasteiger partial charge on any atom is 0.203 e. The summed E-state index contributed by atoms with van der Waals surface area (Å²) in [5, 5.41) is 7.41. The van der Waals surface area contributed by atoms with Crippen molar-refractivity contribution in [1.82, 2.24) is 10.4 Å². The molecule has 0 bridgehead atoms. The Kier molecular flexibility index (Phi) is 6.32. The lowest BCUT2D eigenvalue weighted by Crippen LogP contribution is -2.23. The largest absolute Gasteiger partial charge is 0.493 e. The standard InChI is InChI=1S/C16H18N4O3S/c1-21-13-7-11(8-14(22-2)15(13)23-3)9-18-20-16(24)19-12-5-4-6-17-10-12/h4-10H,1-3H3,(H2,19,20,24)/b18-9-. The molecule has 0 saturated carbocycles. The Bertz CT molecular complexity index is 698. The van der Waals surface area contributed by atoms with Gasteiger partial charge in [0.1, 0.15) is 0 Å². The van der Waals surface area contributed by atoms with E-state index in [1.807, 2.05) is 12.1 Å². The first-order chi connectivity index (χ1) is 11.7. The van der Waals surface area contributed by atoms with Gasteiger partial charge in [-0.1, -0.05) is 0 Å². The summed E-state index contributed by atoms with van der Waals surface area (Å²) >= 11 is 5.16. The third-order valence-corrected chi connectivity index (χ3v) is 3.18. The number of nitrogens with zero attached hydrogens (tertiary/aromatic N) is 2. The molecule has 0 aliphatic heterocycles. The second kappa shape index (κ2) is 8.68. The van der Waals surface area contributed by atoms with Crippen molar-refractivity contribution in [2.45, 2.75) is 0 Å². The predicted octanol–water partition coefficient (Wildman–Crippen LogP) is 2.43. The highest BCUT2D eigenvalue weighted by atomic mass is 32.1. The van der Waals surface area contributed by atoms with Crippen molar-refractivity contribution in [1.29, 1.82) is 0 Å². The maximum atomic E-state index is 5.29. The van der Waals surface area contributed by atoms with E-state index in [9.17, 15) is 0 Å². The van der Waals surface area contributed by atoms with Crippen LogP contribution in [0.3, 0.4) is 0 Å². The summed E-state index contributed by atoms with van der Waals surface area (Å²) in [6, 6.07) is 7.22. The molecule has 0 spiro atoms. The smallest absolute Gasteiger partial charge is 0.203 e. The Morgan fingerprint density at radius 3 is 2.42 bits per heavy atom. The minimum absolute atomic E-state index is 0.353. The van der Waals surface area contributed by atoms with Crippen LogP contribution in [0.1, 0.15) is 5.56 Å². The van der Waals surface area contributed by atoms with Gasteiger partial charge in [0, 0.05) is 11.8 Å². The normalized spacial score (nSPS) is 10.3. The minimum Gasteiger partial charge on any atom is -0.493 e. The number of rotatable bonds is 6. The van der Waals surface area contributed by atoms with Gasteiger partial charge in [-0.3, -0.25) is 10.4 Å². The summed E-state index contributed by atoms with van der Waals surface area (Å²) in [6.07, 6.45) is 4.95. The van der Waals surface area contributed by atoms with E-state index in [4.69, 9.17) is 26.4 Å². The van der Waals surface area contributed by atoms with Crippen LogP contribution >= 0.6 is 12.2 Å². The van der Waals surface area contributed by atoms with E-state index in [1.165, 1.54) is 0 Å². The summed E-state index contributed by atoms with van der Waals surface area (Å²) in [7, 11) is 4.67. The maximum absolute atomic E-state index is 5.29. The first-order valence-electron chi connectivity index (χ1n) is 6.98. The zero-order valence-electron chi connectivity index (χ0n) is 13.6. The minimum atomic E-state index is 0.353. The Morgan fingerprint density at radius 2 is 1.88 bits per heavy atom. The van der Waals surface area contributed by atoms with Crippen LogP contribution in [0.5, 0.6) is 17.2 Å². The number of anilines is 1. The number of ether oxygens (including phenoxy) is 3. The van der Waals surface area contributed by atoms with Crippen molar-refractivity contribution in [3.05, 3.63) is 42.2 Å². The van der Waals surface area contributed by atoms with Gasteiger partial charge in [0.05, 0.1) is 39.4 Å². The molecular formula is C16H18N4O3S. The molecule has 0 radical (unpaired) electrons. The molecule has 0 fully saturated rings. The number of benzene rings is 1. The fraction of sp³-hybridized carbons (Fsp3) is 0.188. The summed E-state index contributed by atoms with van der Waals surface area (Å²) in [5.41, 5.74) is 4.27. The number of hydrazone groups is 1. The third-order valence-electron chi connectivity index (χ3n) is 2.99. The summed E-state index contributed by atoms with van der Waals surface area (Å²) in [5.74, 6) is 1.63. The topological polar surface area (TPSA) is 77.0 Å². The van der Waals surface area contributed by atoms with Crippen molar-refractivity contribution < 1.29 is 14.2 Å². The number of pyridine rings is 1. The highest BCUT2D eigenvalue weighted by molar-refractivity contribution is 7.80. The van der Waals surface area contributed by atoms with Gasteiger partial charge in [-0.15, -0.1) is 0 Å². The van der Waals surface area contributed by atoms with Gasteiger partial charge in [0.2, 0.25) is 5.75 Å². The lowest BCUT2D eigenvalue weighted by molar-refractivity contribution is 0.324. The molecule has 7 nitrogen and oxygen atoms in total. The van der Waals surface area contributed by atoms with Crippen LogP contribution in [-0.2, 0) is 0 Å². The summed E-state index contributed by atoms with van der Waals surface area (Å²) < 4.78 is 15.9. The van der Waals surface area contributed by atoms with E-state index in [0.717, 1.165) is 11.3 Å². The lowest BCUT2D eigenvalue weighted by atomic mass is 10.2. The number of hydrogen-bond acceptors (Lipinski definition) is 6. The molecule has 2 aromatic rings. The Hall–Kier alpha value is -2.87. The van der Waals surface area contributed by atoms with Crippen LogP contribution in [0, 0.1) is 0 Å². The fourth-order valence-electron chi connectivity index (χ4n) is 1.94. The molecule has 0 saturated heterocycles. The van der Waals surface area contributed by atoms with Crippen LogP contribution in [0.4, 0.5) is 5.69 Å². The van der Waals surface area contributed by atoms with Crippen LogP contribution in [0.25, 0.3) is 0 Å². The molecule has 1 heterocycles. The molecule has 2 N–H and O–H groups in total. The van der Waals surface area contributed by atoms with Gasteiger partial charge >= 0.3 is 0 Å². The highest BCUT2D eigenvalue weighted by Gasteiger charge is 2.12. The van der Waals surface area contributed by atoms with Gasteiger partial charge in [0.15, 0.2) is 16.6 Å². The average Bonchev–Trinajstić information content (AvgIpc) is 2.61. The second-order valence-electron chi connectivity index (χ2n) is 4.52. The monoisotopic (exact) mass is 346 g/mol. The van der Waals surface area contributed by atoms with Crippen molar-refractivity contribution in [2.75, 3.05) is 26.6 Å². The van der Waals surface area contributed by atoms with Crippen molar-refractivity contribution in [3.63, 3.8) is 0 Å². The molecule has 2 rings (SSSR count). The Labute approximate surface area is 145 Å². The SMILES string of the molecule is COc1cc(/C=N\NC(=S)Nc2cccnc2)cc(OC)c1OC. The fourth-order valence-corrected chi connectivity index (χ4v) is 2.11. The molecule has 0 unspecified atom stereocenters. The van der Waals surface area contributed by atoms with E-state index in [1.54, 1.807) is 52.1 Å². The van der Waals surface area contributed by atoms with Gasteiger partial charge in [-0.05, 0) is 36.5 Å². The number of thiocarbonyl (C=S) groups is 1. The molecule has 24 heavy (non-hydrogen) atoms. The Morgan fingerprint density at radius 1 is 1.17 bits per heavy atom. The first-order valence-corrected chi connectivity index (χ1v) is 7.39. The van der Waals surface area contributed by atoms with Crippen LogP contribution in [0.2, 0.25) is 0 Å². The molecule has 1 aromatic carbocycles. The zero-order chi connectivity index (χ0) is 17.4. The van der Waals surface area contributed by atoms with Crippen LogP contribution < -0.4 is 25.0 Å². The molecule has 0 amide bonds. The van der Waals surface area contributed by atoms with E-state index in [-0.39, 0.29) is 0 Å². The van der Waals surface area contributed by atoms with Gasteiger partial charge in [-0.2, -0.15) is 5.10 Å². The zero-order valence-corrected chi connectivity index (χ0v) is 14.4. The van der Waals surface area contributed by atoms with Crippen molar-refractivity contribution in [2.24, 2.45) is 5.10 Å². The van der Waals surface area contributed by atoms with E-state index in [0.29, 0.717) is 22.4 Å². The lowest BCUT2D eigenvalue weighted by Gasteiger charge is -2.12. The number of nitrogens with one attached hydrogen (secondary N) is 2. The molecule has 0 atom stereocenters. The Balaban J connectivity index is 2.04. The van der Waals surface area contributed by atoms with E-state index in [2.05, 4.69) is 20.8 Å². The molecule has 126 valence electrons. The number of hydrogen-bond donors (Lipinski definition) is 2. The van der Waals surface area contributed by atoms with Crippen molar-refractivity contribution in [3.8, 4) is 17.2 Å². The predicted molar refractivity (Wildman–Crippen MR) is 97.3 cm³/mol. The van der Waals surface area contributed by atoms with E-state index < -0.39 is 0 Å². The molecule has 8 heteroatoms. The van der Waals surface area contributed by atoms with Gasteiger partial charge < -0.3 is 19.5 Å². The van der Waals surface area contributed by atoms with E-state index >= 15 is 0 Å². The molecular weight excluding hydrogens is 328 g/mol. The average molecular weight is 346 g/mol. The number of methoxy groups -OCH3 is 3. The van der Waals surface area contributed by atoms with Gasteiger partial charge in [0.25, 0.3) is 0 Å². The second-order valence-corrected chi connectivity index (χ2v) is 4.93. The molecule has 0 aliphatic carbocycles. The third kappa shape index (κ3) is 4.56. The highest BCUT2D eigenvalue weighted by Crippen LogP contribution is 2.37. The number of aromatic nitrogens is 1. The van der Waals surface area contributed by atoms with Gasteiger partial charge in [-0.25, -0.2) is 0 Å². The quantitative estimate of drug-likeness (QED) is 0.472. The summed E-state index contributed by atoms with van der Waals surface area (Å²) in [6.45, 7) is 0. The molecule has 0 aliphatic rings. The van der Waals surface area contributed by atoms with Crippen molar-refractivity contribution >= 4 is 29.2 Å². The van der Waals surface area contributed by atoms with Crippen LogP contribution in [0.15, 0.2) is 41.8 Å².